The SMILES string of the molecule is CCCC1SCCN(C=O)C1CC. The molecule has 2 nitrogen and oxygen atoms in total. The van der Waals surface area contributed by atoms with Crippen LogP contribution in [0.1, 0.15) is 33.1 Å². The summed E-state index contributed by atoms with van der Waals surface area (Å²) in [6.45, 7) is 5.33. The lowest BCUT2D eigenvalue weighted by Gasteiger charge is -2.38. The molecular formula is C10H19NOS. The Hall–Kier alpha value is -0.180. The highest BCUT2D eigenvalue weighted by Gasteiger charge is 2.28. The Balaban J connectivity index is 2.55. The summed E-state index contributed by atoms with van der Waals surface area (Å²) < 4.78 is 0. The van der Waals surface area contributed by atoms with Crippen molar-refractivity contribution in [3.05, 3.63) is 0 Å². The molecule has 0 aromatic rings. The van der Waals surface area contributed by atoms with Crippen molar-refractivity contribution in [3.63, 3.8) is 0 Å². The second-order valence-corrected chi connectivity index (χ2v) is 4.86. The highest BCUT2D eigenvalue weighted by atomic mass is 32.2. The molecule has 2 atom stereocenters. The number of carbonyl (C=O) groups excluding carboxylic acids is 1. The van der Waals surface area contributed by atoms with Gasteiger partial charge in [-0.05, 0) is 12.8 Å². The van der Waals surface area contributed by atoms with Crippen molar-refractivity contribution in [2.24, 2.45) is 0 Å². The van der Waals surface area contributed by atoms with Gasteiger partial charge in [0.05, 0.1) is 0 Å². The van der Waals surface area contributed by atoms with Gasteiger partial charge in [-0.3, -0.25) is 4.79 Å². The molecule has 1 aliphatic heterocycles. The van der Waals surface area contributed by atoms with Gasteiger partial charge in [-0.2, -0.15) is 11.8 Å². The van der Waals surface area contributed by atoms with Crippen molar-refractivity contribution in [3.8, 4) is 0 Å². The molecular weight excluding hydrogens is 182 g/mol. The first-order valence-electron chi connectivity index (χ1n) is 5.16. The average molecular weight is 201 g/mol. The van der Waals surface area contributed by atoms with Gasteiger partial charge in [-0.25, -0.2) is 0 Å². The summed E-state index contributed by atoms with van der Waals surface area (Å²) in [5, 5.41) is 0.675. The molecule has 1 aliphatic rings. The molecule has 0 aromatic heterocycles. The Morgan fingerprint density at radius 3 is 2.85 bits per heavy atom. The fourth-order valence-corrected chi connectivity index (χ4v) is 3.58. The van der Waals surface area contributed by atoms with Crippen LogP contribution in [0.15, 0.2) is 0 Å². The molecule has 1 rings (SSSR count). The van der Waals surface area contributed by atoms with Gasteiger partial charge in [0, 0.05) is 23.6 Å². The summed E-state index contributed by atoms with van der Waals surface area (Å²) in [4.78, 5) is 12.8. The van der Waals surface area contributed by atoms with Crippen LogP contribution in [0.25, 0.3) is 0 Å². The summed E-state index contributed by atoms with van der Waals surface area (Å²) in [6.07, 6.45) is 4.58. The number of carbonyl (C=O) groups is 1. The van der Waals surface area contributed by atoms with Crippen molar-refractivity contribution in [1.82, 2.24) is 4.90 Å². The van der Waals surface area contributed by atoms with E-state index < -0.39 is 0 Å². The predicted molar refractivity (Wildman–Crippen MR) is 58.0 cm³/mol. The lowest BCUT2D eigenvalue weighted by Crippen LogP contribution is -2.46. The van der Waals surface area contributed by atoms with E-state index in [2.05, 4.69) is 13.8 Å². The van der Waals surface area contributed by atoms with Gasteiger partial charge in [-0.1, -0.05) is 20.3 Å². The first kappa shape index (κ1) is 10.9. The van der Waals surface area contributed by atoms with Crippen molar-refractivity contribution in [2.75, 3.05) is 12.3 Å². The largest absolute Gasteiger partial charge is 0.340 e. The van der Waals surface area contributed by atoms with E-state index in [1.807, 2.05) is 16.7 Å². The standard InChI is InChI=1S/C10H19NOS/c1-3-5-10-9(4-2)11(8-12)6-7-13-10/h8-10H,3-7H2,1-2H3. The first-order chi connectivity index (χ1) is 6.33. The van der Waals surface area contributed by atoms with Crippen LogP contribution in [0.3, 0.4) is 0 Å². The predicted octanol–water partition coefficient (Wildman–Crippen LogP) is 2.14. The van der Waals surface area contributed by atoms with Crippen molar-refractivity contribution in [1.29, 1.82) is 0 Å². The molecule has 0 radical (unpaired) electrons. The number of thioether (sulfide) groups is 1. The summed E-state index contributed by atoms with van der Waals surface area (Å²) in [5.41, 5.74) is 0. The van der Waals surface area contributed by atoms with E-state index in [-0.39, 0.29) is 0 Å². The Morgan fingerprint density at radius 1 is 1.54 bits per heavy atom. The quantitative estimate of drug-likeness (QED) is 0.650. The minimum atomic E-state index is 0.483. The van der Waals surface area contributed by atoms with Crippen LogP contribution in [-0.4, -0.2) is 34.9 Å². The molecule has 1 heterocycles. The van der Waals surface area contributed by atoms with Crippen LogP contribution < -0.4 is 0 Å². The topological polar surface area (TPSA) is 20.3 Å². The van der Waals surface area contributed by atoms with Gasteiger partial charge in [-0.15, -0.1) is 0 Å². The maximum absolute atomic E-state index is 10.8. The molecule has 1 amide bonds. The third-order valence-electron chi connectivity index (χ3n) is 2.66. The van der Waals surface area contributed by atoms with Crippen LogP contribution in [0.4, 0.5) is 0 Å². The lowest BCUT2D eigenvalue weighted by atomic mass is 10.1. The highest BCUT2D eigenvalue weighted by Crippen LogP contribution is 2.29. The van der Waals surface area contributed by atoms with E-state index >= 15 is 0 Å². The molecule has 13 heavy (non-hydrogen) atoms. The van der Waals surface area contributed by atoms with Gasteiger partial charge in [0.15, 0.2) is 0 Å². The fraction of sp³-hybridized carbons (Fsp3) is 0.900. The van der Waals surface area contributed by atoms with Crippen molar-refractivity contribution in [2.45, 2.75) is 44.4 Å². The third-order valence-corrected chi connectivity index (χ3v) is 4.06. The second kappa shape index (κ2) is 5.53. The molecule has 0 spiro atoms. The molecule has 2 unspecified atom stereocenters. The molecule has 0 saturated carbocycles. The molecule has 0 aliphatic carbocycles. The Bertz CT molecular complexity index is 161. The fourth-order valence-electron chi connectivity index (χ4n) is 1.99. The van der Waals surface area contributed by atoms with Gasteiger partial charge >= 0.3 is 0 Å². The van der Waals surface area contributed by atoms with Crippen molar-refractivity contribution < 1.29 is 4.79 Å². The normalized spacial score (nSPS) is 28.9. The zero-order chi connectivity index (χ0) is 9.68. The summed E-state index contributed by atoms with van der Waals surface area (Å²) >= 11 is 2.04. The second-order valence-electron chi connectivity index (χ2n) is 3.52. The summed E-state index contributed by atoms with van der Waals surface area (Å²) in [7, 11) is 0. The molecule has 1 saturated heterocycles. The van der Waals surface area contributed by atoms with E-state index in [1.165, 1.54) is 12.8 Å². The van der Waals surface area contributed by atoms with Crippen LogP contribution in [0.2, 0.25) is 0 Å². The van der Waals surface area contributed by atoms with Gasteiger partial charge in [0.2, 0.25) is 6.41 Å². The average Bonchev–Trinajstić information content (AvgIpc) is 2.18. The van der Waals surface area contributed by atoms with Crippen LogP contribution in [0.5, 0.6) is 0 Å². The lowest BCUT2D eigenvalue weighted by molar-refractivity contribution is -0.120. The van der Waals surface area contributed by atoms with E-state index in [9.17, 15) is 4.79 Å². The van der Waals surface area contributed by atoms with Gasteiger partial charge in [0.1, 0.15) is 0 Å². The summed E-state index contributed by atoms with van der Waals surface area (Å²) in [6, 6.07) is 0.483. The number of hydrogen-bond donors (Lipinski definition) is 0. The molecule has 76 valence electrons. The van der Waals surface area contributed by atoms with Gasteiger partial charge in [0.25, 0.3) is 0 Å². The maximum atomic E-state index is 10.8. The van der Waals surface area contributed by atoms with E-state index in [0.717, 1.165) is 25.1 Å². The molecule has 1 fully saturated rings. The number of rotatable bonds is 4. The van der Waals surface area contributed by atoms with Gasteiger partial charge < -0.3 is 4.90 Å². The Labute approximate surface area is 85.1 Å². The van der Waals surface area contributed by atoms with E-state index in [0.29, 0.717) is 11.3 Å². The van der Waals surface area contributed by atoms with E-state index in [1.54, 1.807) is 0 Å². The Morgan fingerprint density at radius 2 is 2.31 bits per heavy atom. The zero-order valence-electron chi connectivity index (χ0n) is 8.53. The first-order valence-corrected chi connectivity index (χ1v) is 6.21. The molecule has 3 heteroatoms. The number of nitrogens with zero attached hydrogens (tertiary/aromatic N) is 1. The zero-order valence-corrected chi connectivity index (χ0v) is 9.35. The minimum absolute atomic E-state index is 0.483. The monoisotopic (exact) mass is 201 g/mol. The Kier molecular flexibility index (Phi) is 4.64. The van der Waals surface area contributed by atoms with Crippen molar-refractivity contribution >= 4 is 18.2 Å². The van der Waals surface area contributed by atoms with Crippen LogP contribution >= 0.6 is 11.8 Å². The van der Waals surface area contributed by atoms with Crippen LogP contribution in [0, 0.1) is 0 Å². The highest BCUT2D eigenvalue weighted by molar-refractivity contribution is 8.00. The maximum Gasteiger partial charge on any atom is 0.210 e. The van der Waals surface area contributed by atoms with Crippen LogP contribution in [-0.2, 0) is 4.79 Å². The number of hydrogen-bond acceptors (Lipinski definition) is 2. The van der Waals surface area contributed by atoms with E-state index in [4.69, 9.17) is 0 Å². The minimum Gasteiger partial charge on any atom is -0.340 e. The molecule has 0 N–H and O–H groups in total. The number of amides is 1. The smallest absolute Gasteiger partial charge is 0.210 e. The third kappa shape index (κ3) is 2.63. The molecule has 0 bridgehead atoms. The summed E-state index contributed by atoms with van der Waals surface area (Å²) in [5.74, 6) is 1.11. The molecule has 0 aromatic carbocycles.